The Kier molecular flexibility index (Phi) is 5.27. The predicted octanol–water partition coefficient (Wildman–Crippen LogP) is 1.49. The van der Waals surface area contributed by atoms with E-state index in [9.17, 15) is 9.59 Å². The van der Waals surface area contributed by atoms with Crippen LogP contribution in [-0.2, 0) is 19.7 Å². The van der Waals surface area contributed by atoms with Gasteiger partial charge in [0.05, 0.1) is 12.0 Å². The van der Waals surface area contributed by atoms with Crippen molar-refractivity contribution >= 4 is 11.9 Å². The lowest BCUT2D eigenvalue weighted by atomic mass is 9.83. The summed E-state index contributed by atoms with van der Waals surface area (Å²) >= 11 is 0. The number of methoxy groups -OCH3 is 1. The molecule has 0 bridgehead atoms. The number of aryl methyl sites for hydroxylation is 1. The number of hydrogen-bond donors (Lipinski definition) is 2. The van der Waals surface area contributed by atoms with E-state index in [0.29, 0.717) is 0 Å². The van der Waals surface area contributed by atoms with Crippen LogP contribution in [0.25, 0.3) is 0 Å². The molecule has 20 heavy (non-hydrogen) atoms. The summed E-state index contributed by atoms with van der Waals surface area (Å²) in [6.07, 6.45) is -1.03. The van der Waals surface area contributed by atoms with Gasteiger partial charge in [0, 0.05) is 7.11 Å². The molecule has 1 aromatic rings. The van der Waals surface area contributed by atoms with Crippen LogP contribution in [0.3, 0.4) is 0 Å². The van der Waals surface area contributed by atoms with Crippen molar-refractivity contribution in [2.24, 2.45) is 0 Å². The topological polar surface area (TPSA) is 75.6 Å². The molecule has 0 aromatic heterocycles. The molecule has 0 radical (unpaired) electrons. The van der Waals surface area contributed by atoms with Gasteiger partial charge in [-0.2, -0.15) is 0 Å². The Bertz CT molecular complexity index is 479. The summed E-state index contributed by atoms with van der Waals surface area (Å²) in [4.78, 5) is 23.1. The molecule has 0 saturated carbocycles. The molecular weight excluding hydrogens is 258 g/mol. The van der Waals surface area contributed by atoms with Crippen molar-refractivity contribution in [2.45, 2.75) is 32.3 Å². The smallest absolute Gasteiger partial charge is 0.334 e. The Labute approximate surface area is 118 Å². The summed E-state index contributed by atoms with van der Waals surface area (Å²) in [6.45, 7) is 5.53. The van der Waals surface area contributed by atoms with Gasteiger partial charge in [-0.05, 0) is 26.3 Å². The average molecular weight is 279 g/mol. The molecule has 1 atom stereocenters. The normalized spacial score (nSPS) is 12.8. The molecule has 1 unspecified atom stereocenters. The Hall–Kier alpha value is -1.88. The van der Waals surface area contributed by atoms with Gasteiger partial charge in [0.2, 0.25) is 5.91 Å². The largest absolute Gasteiger partial charge is 0.479 e. The third-order valence-electron chi connectivity index (χ3n) is 3.35. The SMILES string of the molecule is COC(CNC(=O)C(C)(C)c1ccc(C)cc1)C(=O)O. The van der Waals surface area contributed by atoms with Crippen molar-refractivity contribution < 1.29 is 19.4 Å². The molecule has 0 spiro atoms. The van der Waals surface area contributed by atoms with Gasteiger partial charge in [0.25, 0.3) is 0 Å². The van der Waals surface area contributed by atoms with Crippen molar-refractivity contribution in [1.29, 1.82) is 0 Å². The van der Waals surface area contributed by atoms with Crippen LogP contribution < -0.4 is 5.32 Å². The highest BCUT2D eigenvalue weighted by atomic mass is 16.5. The summed E-state index contributed by atoms with van der Waals surface area (Å²) in [6, 6.07) is 7.69. The molecule has 110 valence electrons. The molecule has 2 N–H and O–H groups in total. The van der Waals surface area contributed by atoms with Gasteiger partial charge in [-0.3, -0.25) is 4.79 Å². The Morgan fingerprint density at radius 1 is 1.30 bits per heavy atom. The summed E-state index contributed by atoms with van der Waals surface area (Å²) < 4.78 is 4.78. The van der Waals surface area contributed by atoms with Gasteiger partial charge in [-0.15, -0.1) is 0 Å². The van der Waals surface area contributed by atoms with E-state index in [4.69, 9.17) is 9.84 Å². The molecule has 0 aliphatic rings. The van der Waals surface area contributed by atoms with Gasteiger partial charge < -0.3 is 15.2 Å². The number of carbonyl (C=O) groups excluding carboxylic acids is 1. The van der Waals surface area contributed by atoms with Crippen molar-refractivity contribution in [3.05, 3.63) is 35.4 Å². The van der Waals surface area contributed by atoms with Gasteiger partial charge in [-0.1, -0.05) is 29.8 Å². The van der Waals surface area contributed by atoms with E-state index in [0.717, 1.165) is 11.1 Å². The highest BCUT2D eigenvalue weighted by molar-refractivity contribution is 5.87. The van der Waals surface area contributed by atoms with Crippen LogP contribution in [0.15, 0.2) is 24.3 Å². The summed E-state index contributed by atoms with van der Waals surface area (Å²) in [5, 5.41) is 11.5. The molecule has 1 rings (SSSR count). The third-order valence-corrected chi connectivity index (χ3v) is 3.35. The van der Waals surface area contributed by atoms with E-state index in [1.54, 1.807) is 13.8 Å². The van der Waals surface area contributed by atoms with Crippen LogP contribution in [0.4, 0.5) is 0 Å². The van der Waals surface area contributed by atoms with E-state index in [1.807, 2.05) is 31.2 Å². The maximum atomic E-state index is 12.2. The predicted molar refractivity (Wildman–Crippen MR) is 75.6 cm³/mol. The number of hydrogen-bond acceptors (Lipinski definition) is 3. The summed E-state index contributed by atoms with van der Waals surface area (Å²) in [5.74, 6) is -1.33. The van der Waals surface area contributed by atoms with Crippen molar-refractivity contribution in [3.8, 4) is 0 Å². The fraction of sp³-hybridized carbons (Fsp3) is 0.467. The van der Waals surface area contributed by atoms with Crippen LogP contribution in [-0.4, -0.2) is 36.7 Å². The van der Waals surface area contributed by atoms with E-state index >= 15 is 0 Å². The van der Waals surface area contributed by atoms with Crippen molar-refractivity contribution in [2.75, 3.05) is 13.7 Å². The van der Waals surface area contributed by atoms with Crippen LogP contribution in [0.2, 0.25) is 0 Å². The second kappa shape index (κ2) is 6.52. The molecular formula is C15H21NO4. The van der Waals surface area contributed by atoms with Gasteiger partial charge >= 0.3 is 5.97 Å². The Morgan fingerprint density at radius 3 is 2.30 bits per heavy atom. The van der Waals surface area contributed by atoms with Crippen molar-refractivity contribution in [1.82, 2.24) is 5.32 Å². The minimum Gasteiger partial charge on any atom is -0.479 e. The molecule has 1 amide bonds. The molecule has 5 heteroatoms. The summed E-state index contributed by atoms with van der Waals surface area (Å²) in [5.41, 5.74) is 1.27. The van der Waals surface area contributed by atoms with Crippen LogP contribution >= 0.6 is 0 Å². The highest BCUT2D eigenvalue weighted by Gasteiger charge is 2.30. The Morgan fingerprint density at radius 2 is 1.85 bits per heavy atom. The molecule has 0 saturated heterocycles. The zero-order chi connectivity index (χ0) is 15.3. The number of benzene rings is 1. The fourth-order valence-corrected chi connectivity index (χ4v) is 1.78. The highest BCUT2D eigenvalue weighted by Crippen LogP contribution is 2.23. The van der Waals surface area contributed by atoms with Crippen molar-refractivity contribution in [3.63, 3.8) is 0 Å². The van der Waals surface area contributed by atoms with Crippen LogP contribution in [0.5, 0.6) is 0 Å². The number of nitrogens with one attached hydrogen (secondary N) is 1. The lowest BCUT2D eigenvalue weighted by Crippen LogP contribution is -2.45. The molecule has 0 aliphatic heterocycles. The van der Waals surface area contributed by atoms with E-state index in [-0.39, 0.29) is 12.5 Å². The number of carboxylic acid groups (broad SMARTS) is 1. The minimum absolute atomic E-state index is 0.0556. The first kappa shape index (κ1) is 16.2. The first-order valence-electron chi connectivity index (χ1n) is 6.40. The van der Waals surface area contributed by atoms with E-state index < -0.39 is 17.5 Å². The van der Waals surface area contributed by atoms with E-state index in [2.05, 4.69) is 5.32 Å². The lowest BCUT2D eigenvalue weighted by Gasteiger charge is -2.25. The van der Waals surface area contributed by atoms with Gasteiger partial charge in [-0.25, -0.2) is 4.79 Å². The quantitative estimate of drug-likeness (QED) is 0.827. The number of carboxylic acids is 1. The summed E-state index contributed by atoms with van der Waals surface area (Å²) in [7, 11) is 1.30. The van der Waals surface area contributed by atoms with Crippen LogP contribution in [0.1, 0.15) is 25.0 Å². The fourth-order valence-electron chi connectivity index (χ4n) is 1.78. The number of aliphatic carboxylic acids is 1. The minimum atomic E-state index is -1.10. The Balaban J connectivity index is 2.74. The first-order valence-corrected chi connectivity index (χ1v) is 6.40. The monoisotopic (exact) mass is 279 g/mol. The first-order chi connectivity index (χ1) is 9.28. The van der Waals surface area contributed by atoms with Crippen LogP contribution in [0, 0.1) is 6.92 Å². The molecule has 0 aliphatic carbocycles. The maximum Gasteiger partial charge on any atom is 0.334 e. The number of amides is 1. The zero-order valence-corrected chi connectivity index (χ0v) is 12.3. The number of rotatable bonds is 6. The number of carbonyl (C=O) groups is 2. The standard InChI is InChI=1S/C15H21NO4/c1-10-5-7-11(8-6-10)15(2,3)14(19)16-9-12(20-4)13(17)18/h5-8,12H,9H2,1-4H3,(H,16,19)(H,17,18). The zero-order valence-electron chi connectivity index (χ0n) is 12.3. The average Bonchev–Trinajstić information content (AvgIpc) is 2.39. The van der Waals surface area contributed by atoms with Gasteiger partial charge in [0.15, 0.2) is 6.10 Å². The molecule has 0 heterocycles. The van der Waals surface area contributed by atoms with E-state index in [1.165, 1.54) is 7.11 Å². The number of ether oxygens (including phenoxy) is 1. The second-order valence-corrected chi connectivity index (χ2v) is 5.26. The molecule has 0 fully saturated rings. The second-order valence-electron chi connectivity index (χ2n) is 5.26. The maximum absolute atomic E-state index is 12.2. The molecule has 1 aromatic carbocycles. The third kappa shape index (κ3) is 3.81. The molecule has 5 nitrogen and oxygen atoms in total. The lowest BCUT2D eigenvalue weighted by molar-refractivity contribution is -0.148. The van der Waals surface area contributed by atoms with Gasteiger partial charge in [0.1, 0.15) is 0 Å².